The lowest BCUT2D eigenvalue weighted by Gasteiger charge is -2.30. The number of aliphatic hydroxyl groups is 1. The Morgan fingerprint density at radius 2 is 2.20 bits per heavy atom. The molecule has 0 amide bonds. The van der Waals surface area contributed by atoms with Crippen molar-refractivity contribution in [2.24, 2.45) is 17.6 Å². The van der Waals surface area contributed by atoms with Crippen LogP contribution in [0.3, 0.4) is 0 Å². The van der Waals surface area contributed by atoms with E-state index < -0.39 is 0 Å². The molecule has 1 rings (SSSR count). The van der Waals surface area contributed by atoms with Gasteiger partial charge in [0, 0.05) is 12.6 Å². The van der Waals surface area contributed by atoms with E-state index in [9.17, 15) is 0 Å². The Morgan fingerprint density at radius 3 is 2.70 bits per heavy atom. The van der Waals surface area contributed by atoms with E-state index in [1.165, 1.54) is 6.42 Å². The molecule has 0 saturated heterocycles. The van der Waals surface area contributed by atoms with E-state index >= 15 is 0 Å². The van der Waals surface area contributed by atoms with Gasteiger partial charge in [0.2, 0.25) is 0 Å². The molecule has 1 fully saturated rings. The third kappa shape index (κ3) is 1.70. The molecular weight excluding hydrogens is 126 g/mol. The molecular formula is C8H17NO. The normalized spacial score (nSPS) is 41.7. The van der Waals surface area contributed by atoms with Gasteiger partial charge in [-0.2, -0.15) is 0 Å². The van der Waals surface area contributed by atoms with Gasteiger partial charge in [0.05, 0.1) is 0 Å². The van der Waals surface area contributed by atoms with Crippen molar-refractivity contribution in [3.8, 4) is 0 Å². The molecule has 0 aliphatic heterocycles. The van der Waals surface area contributed by atoms with E-state index in [-0.39, 0.29) is 0 Å². The van der Waals surface area contributed by atoms with E-state index in [0.717, 1.165) is 12.8 Å². The molecule has 10 heavy (non-hydrogen) atoms. The Kier molecular flexibility index (Phi) is 2.69. The second kappa shape index (κ2) is 3.35. The van der Waals surface area contributed by atoms with Gasteiger partial charge < -0.3 is 10.8 Å². The summed E-state index contributed by atoms with van der Waals surface area (Å²) in [7, 11) is 0. The van der Waals surface area contributed by atoms with Gasteiger partial charge in [-0.1, -0.05) is 6.92 Å². The highest BCUT2D eigenvalue weighted by molar-refractivity contribution is 4.78. The Balaban J connectivity index is 2.38. The second-order valence-corrected chi connectivity index (χ2v) is 3.49. The van der Waals surface area contributed by atoms with Crippen molar-refractivity contribution in [2.45, 2.75) is 32.2 Å². The lowest BCUT2D eigenvalue weighted by molar-refractivity contribution is 0.134. The average molecular weight is 143 g/mol. The minimum Gasteiger partial charge on any atom is -0.396 e. The van der Waals surface area contributed by atoms with Gasteiger partial charge >= 0.3 is 0 Å². The first-order valence-corrected chi connectivity index (χ1v) is 4.10. The molecule has 0 aromatic carbocycles. The summed E-state index contributed by atoms with van der Waals surface area (Å²) < 4.78 is 0. The zero-order valence-corrected chi connectivity index (χ0v) is 6.59. The molecule has 3 unspecified atom stereocenters. The highest BCUT2D eigenvalue weighted by Crippen LogP contribution is 2.28. The largest absolute Gasteiger partial charge is 0.396 e. The summed E-state index contributed by atoms with van der Waals surface area (Å²) in [5.41, 5.74) is 5.75. The maximum atomic E-state index is 8.92. The molecule has 0 aromatic heterocycles. The number of rotatable bonds is 1. The molecule has 1 saturated carbocycles. The summed E-state index contributed by atoms with van der Waals surface area (Å²) >= 11 is 0. The molecule has 2 nitrogen and oxygen atoms in total. The van der Waals surface area contributed by atoms with E-state index in [1.807, 2.05) is 0 Å². The summed E-state index contributed by atoms with van der Waals surface area (Å²) in [6.45, 7) is 2.52. The van der Waals surface area contributed by atoms with Crippen LogP contribution in [0.25, 0.3) is 0 Å². The molecule has 60 valence electrons. The fraction of sp³-hybridized carbons (Fsp3) is 1.00. The average Bonchev–Trinajstić information content (AvgIpc) is 1.94. The zero-order chi connectivity index (χ0) is 7.56. The molecule has 2 heteroatoms. The Morgan fingerprint density at radius 1 is 1.50 bits per heavy atom. The minimum absolute atomic E-state index is 0.314. The van der Waals surface area contributed by atoms with Crippen LogP contribution in [0, 0.1) is 11.8 Å². The summed E-state index contributed by atoms with van der Waals surface area (Å²) in [5.74, 6) is 1.13. The maximum Gasteiger partial charge on any atom is 0.0462 e. The van der Waals surface area contributed by atoms with Gasteiger partial charge in [0.1, 0.15) is 0 Å². The van der Waals surface area contributed by atoms with Gasteiger partial charge in [0.15, 0.2) is 0 Å². The SMILES string of the molecule is CC1CCC(N)CC1CO. The van der Waals surface area contributed by atoms with Gasteiger partial charge in [-0.25, -0.2) is 0 Å². The first-order valence-electron chi connectivity index (χ1n) is 4.10. The summed E-state index contributed by atoms with van der Waals surface area (Å²) in [6.07, 6.45) is 3.34. The van der Waals surface area contributed by atoms with Crippen LogP contribution in [0.4, 0.5) is 0 Å². The van der Waals surface area contributed by atoms with Crippen molar-refractivity contribution in [1.29, 1.82) is 0 Å². The predicted octanol–water partition coefficient (Wildman–Crippen LogP) is 0.742. The van der Waals surface area contributed by atoms with Crippen molar-refractivity contribution >= 4 is 0 Å². The molecule has 1 aliphatic rings. The van der Waals surface area contributed by atoms with Crippen molar-refractivity contribution in [1.82, 2.24) is 0 Å². The number of hydrogen-bond acceptors (Lipinski definition) is 2. The van der Waals surface area contributed by atoms with E-state index in [4.69, 9.17) is 10.8 Å². The Labute approximate surface area is 62.4 Å². The van der Waals surface area contributed by atoms with E-state index in [1.54, 1.807) is 0 Å². The monoisotopic (exact) mass is 143 g/mol. The lowest BCUT2D eigenvalue weighted by atomic mass is 9.79. The van der Waals surface area contributed by atoms with Crippen molar-refractivity contribution in [3.63, 3.8) is 0 Å². The highest BCUT2D eigenvalue weighted by Gasteiger charge is 2.24. The minimum atomic E-state index is 0.314. The zero-order valence-electron chi connectivity index (χ0n) is 6.59. The van der Waals surface area contributed by atoms with Crippen LogP contribution >= 0.6 is 0 Å². The first-order chi connectivity index (χ1) is 4.74. The fourth-order valence-corrected chi connectivity index (χ4v) is 1.71. The van der Waals surface area contributed by atoms with Crippen molar-refractivity contribution < 1.29 is 5.11 Å². The number of hydrogen-bond donors (Lipinski definition) is 2. The smallest absolute Gasteiger partial charge is 0.0462 e. The molecule has 0 spiro atoms. The first kappa shape index (κ1) is 8.02. The maximum absolute atomic E-state index is 8.92. The van der Waals surface area contributed by atoms with E-state index in [0.29, 0.717) is 24.5 Å². The molecule has 1 aliphatic carbocycles. The van der Waals surface area contributed by atoms with Gasteiger partial charge in [-0.15, -0.1) is 0 Å². The number of nitrogens with two attached hydrogens (primary N) is 1. The van der Waals surface area contributed by atoms with Crippen molar-refractivity contribution in [2.75, 3.05) is 6.61 Å². The summed E-state index contributed by atoms with van der Waals surface area (Å²) in [5, 5.41) is 8.92. The van der Waals surface area contributed by atoms with Crippen LogP contribution in [0.1, 0.15) is 26.2 Å². The molecule has 0 aromatic rings. The van der Waals surface area contributed by atoms with Crippen LogP contribution in [0.5, 0.6) is 0 Å². The molecule has 0 radical (unpaired) electrons. The van der Waals surface area contributed by atoms with Crippen LogP contribution in [0.15, 0.2) is 0 Å². The van der Waals surface area contributed by atoms with Gasteiger partial charge in [-0.05, 0) is 31.1 Å². The van der Waals surface area contributed by atoms with Crippen LogP contribution in [0.2, 0.25) is 0 Å². The van der Waals surface area contributed by atoms with Crippen LogP contribution in [-0.2, 0) is 0 Å². The standard InChI is InChI=1S/C8H17NO/c1-6-2-3-8(9)4-7(6)5-10/h6-8,10H,2-5,9H2,1H3. The van der Waals surface area contributed by atoms with Crippen LogP contribution in [-0.4, -0.2) is 17.8 Å². The third-order valence-electron chi connectivity index (χ3n) is 2.64. The predicted molar refractivity (Wildman–Crippen MR) is 41.6 cm³/mol. The van der Waals surface area contributed by atoms with Gasteiger partial charge in [0.25, 0.3) is 0 Å². The van der Waals surface area contributed by atoms with Gasteiger partial charge in [-0.3, -0.25) is 0 Å². The topological polar surface area (TPSA) is 46.2 Å². The Bertz CT molecular complexity index is 105. The lowest BCUT2D eigenvalue weighted by Crippen LogP contribution is -2.33. The van der Waals surface area contributed by atoms with E-state index in [2.05, 4.69) is 6.92 Å². The molecule has 3 atom stereocenters. The number of aliphatic hydroxyl groups excluding tert-OH is 1. The fourth-order valence-electron chi connectivity index (χ4n) is 1.71. The summed E-state index contributed by atoms with van der Waals surface area (Å²) in [6, 6.07) is 0.341. The Hall–Kier alpha value is -0.0800. The highest BCUT2D eigenvalue weighted by atomic mass is 16.3. The molecule has 3 N–H and O–H groups in total. The second-order valence-electron chi connectivity index (χ2n) is 3.49. The van der Waals surface area contributed by atoms with Crippen molar-refractivity contribution in [3.05, 3.63) is 0 Å². The third-order valence-corrected chi connectivity index (χ3v) is 2.64. The molecule has 0 bridgehead atoms. The summed E-state index contributed by atoms with van der Waals surface area (Å²) in [4.78, 5) is 0. The quantitative estimate of drug-likeness (QED) is 0.568. The molecule has 0 heterocycles. The van der Waals surface area contributed by atoms with Crippen LogP contribution < -0.4 is 5.73 Å².